The van der Waals surface area contributed by atoms with Crippen molar-refractivity contribution in [2.24, 2.45) is 5.92 Å². The third-order valence-corrected chi connectivity index (χ3v) is 4.39. The van der Waals surface area contributed by atoms with Crippen LogP contribution in [0.25, 0.3) is 0 Å². The van der Waals surface area contributed by atoms with Crippen LogP contribution in [-0.2, 0) is 9.53 Å². The second-order valence-electron chi connectivity index (χ2n) is 7.69. The summed E-state index contributed by atoms with van der Waals surface area (Å²) < 4.78 is 5.48. The molecule has 5 nitrogen and oxygen atoms in total. The second-order valence-corrected chi connectivity index (χ2v) is 7.69. The maximum absolute atomic E-state index is 12.7. The Morgan fingerprint density at radius 3 is 2.52 bits per heavy atom. The first-order chi connectivity index (χ1) is 9.59. The van der Waals surface area contributed by atoms with Crippen LogP contribution < -0.4 is 0 Å². The second kappa shape index (κ2) is 5.18. The Hall–Kier alpha value is -1.26. The first kappa shape index (κ1) is 16.1. The molecule has 2 heterocycles. The minimum atomic E-state index is -0.656. The minimum absolute atomic E-state index is 0.0717. The van der Waals surface area contributed by atoms with Crippen molar-refractivity contribution in [1.29, 1.82) is 0 Å². The zero-order valence-corrected chi connectivity index (χ0v) is 14.1. The number of carbonyl (C=O) groups excluding carboxylic acids is 2. The lowest BCUT2D eigenvalue weighted by atomic mass is 9.77. The van der Waals surface area contributed by atoms with E-state index < -0.39 is 11.1 Å². The van der Waals surface area contributed by atoms with E-state index in [0.717, 1.165) is 19.4 Å². The van der Waals surface area contributed by atoms with Crippen LogP contribution in [0.2, 0.25) is 0 Å². The number of β-lactam (4-membered cyclic amide) rings is 1. The summed E-state index contributed by atoms with van der Waals surface area (Å²) in [6.07, 6.45) is 1.26. The number of likely N-dealkylation sites (tertiary alicyclic amines) is 2. The largest absolute Gasteiger partial charge is 0.444 e. The molecule has 2 atom stereocenters. The molecular weight excluding hydrogens is 268 g/mol. The van der Waals surface area contributed by atoms with E-state index in [2.05, 4.69) is 13.8 Å². The van der Waals surface area contributed by atoms with Gasteiger partial charge >= 0.3 is 6.09 Å². The molecule has 120 valence electrons. The molecule has 2 rings (SSSR count). The van der Waals surface area contributed by atoms with Crippen molar-refractivity contribution < 1.29 is 14.3 Å². The molecule has 0 bridgehead atoms. The highest BCUT2D eigenvalue weighted by atomic mass is 16.6. The van der Waals surface area contributed by atoms with E-state index >= 15 is 0 Å². The standard InChI is InChI=1S/C16H28N2O3/c1-11(2)10-17-12(3)16(13(17)19)8-7-9-18(16)14(20)21-15(4,5)6/h11-12H,7-10H2,1-6H3. The number of nitrogens with zero attached hydrogens (tertiary/aromatic N) is 2. The summed E-state index contributed by atoms with van der Waals surface area (Å²) in [7, 11) is 0. The van der Waals surface area contributed by atoms with Crippen LogP contribution in [0.1, 0.15) is 54.4 Å². The fourth-order valence-corrected chi connectivity index (χ4v) is 3.50. The lowest BCUT2D eigenvalue weighted by molar-refractivity contribution is -0.171. The third-order valence-electron chi connectivity index (χ3n) is 4.39. The minimum Gasteiger partial charge on any atom is -0.444 e. The van der Waals surface area contributed by atoms with Crippen LogP contribution in [0, 0.1) is 5.92 Å². The fraction of sp³-hybridized carbons (Fsp3) is 0.875. The predicted octanol–water partition coefficient (Wildman–Crippen LogP) is 2.64. The molecule has 0 radical (unpaired) electrons. The molecule has 21 heavy (non-hydrogen) atoms. The summed E-state index contributed by atoms with van der Waals surface area (Å²) in [5.41, 5.74) is -1.19. The van der Waals surface area contributed by atoms with Crippen LogP contribution in [0.15, 0.2) is 0 Å². The van der Waals surface area contributed by atoms with Gasteiger partial charge in [-0.25, -0.2) is 4.79 Å². The maximum atomic E-state index is 12.7. The first-order valence-electron chi connectivity index (χ1n) is 7.91. The van der Waals surface area contributed by atoms with Gasteiger partial charge in [0.15, 0.2) is 0 Å². The first-order valence-corrected chi connectivity index (χ1v) is 7.91. The zero-order valence-electron chi connectivity index (χ0n) is 14.1. The van der Waals surface area contributed by atoms with Crippen LogP contribution in [0.4, 0.5) is 4.79 Å². The highest BCUT2D eigenvalue weighted by molar-refractivity contribution is 5.97. The van der Waals surface area contributed by atoms with Gasteiger partial charge in [-0.15, -0.1) is 0 Å². The van der Waals surface area contributed by atoms with Gasteiger partial charge in [0, 0.05) is 13.1 Å². The molecule has 0 aromatic rings. The van der Waals surface area contributed by atoms with Crippen molar-refractivity contribution in [3.63, 3.8) is 0 Å². The van der Waals surface area contributed by atoms with Crippen LogP contribution in [0.3, 0.4) is 0 Å². The quantitative estimate of drug-likeness (QED) is 0.736. The Bertz CT molecular complexity index is 441. The van der Waals surface area contributed by atoms with Gasteiger partial charge in [-0.1, -0.05) is 13.8 Å². The van der Waals surface area contributed by atoms with Crippen molar-refractivity contribution in [1.82, 2.24) is 9.80 Å². The number of amides is 2. The smallest absolute Gasteiger partial charge is 0.411 e. The van der Waals surface area contributed by atoms with Crippen molar-refractivity contribution in [2.45, 2.75) is 71.6 Å². The van der Waals surface area contributed by atoms with Crippen molar-refractivity contribution >= 4 is 12.0 Å². The van der Waals surface area contributed by atoms with Crippen molar-refractivity contribution in [2.75, 3.05) is 13.1 Å². The van der Waals surface area contributed by atoms with E-state index in [1.165, 1.54) is 0 Å². The average molecular weight is 296 g/mol. The molecule has 2 saturated heterocycles. The van der Waals surface area contributed by atoms with Gasteiger partial charge in [0.05, 0.1) is 6.04 Å². The third kappa shape index (κ3) is 2.62. The van der Waals surface area contributed by atoms with Gasteiger partial charge in [-0.3, -0.25) is 9.69 Å². The molecule has 2 aliphatic rings. The Kier molecular flexibility index (Phi) is 3.98. The molecule has 2 aliphatic heterocycles. The van der Waals surface area contributed by atoms with Crippen LogP contribution in [0.5, 0.6) is 0 Å². The number of rotatable bonds is 2. The molecule has 0 aromatic carbocycles. The monoisotopic (exact) mass is 296 g/mol. The van der Waals surface area contributed by atoms with Gasteiger partial charge in [-0.05, 0) is 46.5 Å². The summed E-state index contributed by atoms with van der Waals surface area (Å²) in [5.74, 6) is 0.525. The van der Waals surface area contributed by atoms with Crippen molar-refractivity contribution in [3.8, 4) is 0 Å². The highest BCUT2D eigenvalue weighted by Gasteiger charge is 2.65. The predicted molar refractivity (Wildman–Crippen MR) is 80.9 cm³/mol. The topological polar surface area (TPSA) is 49.9 Å². The Morgan fingerprint density at radius 2 is 2.05 bits per heavy atom. The zero-order chi connectivity index (χ0) is 16.0. The number of carbonyl (C=O) groups is 2. The Morgan fingerprint density at radius 1 is 1.43 bits per heavy atom. The van der Waals surface area contributed by atoms with Gasteiger partial charge in [0.2, 0.25) is 0 Å². The molecular formula is C16H28N2O3. The summed E-state index contributed by atoms with van der Waals surface area (Å²) in [4.78, 5) is 28.7. The van der Waals surface area contributed by atoms with E-state index in [1.807, 2.05) is 32.6 Å². The van der Waals surface area contributed by atoms with Gasteiger partial charge in [-0.2, -0.15) is 0 Å². The van der Waals surface area contributed by atoms with Gasteiger partial charge in [0.1, 0.15) is 11.1 Å². The molecule has 2 amide bonds. The molecule has 0 N–H and O–H groups in total. The fourth-order valence-electron chi connectivity index (χ4n) is 3.50. The molecule has 2 unspecified atom stereocenters. The van der Waals surface area contributed by atoms with E-state index in [9.17, 15) is 9.59 Å². The molecule has 0 aliphatic carbocycles. The van der Waals surface area contributed by atoms with Crippen LogP contribution >= 0.6 is 0 Å². The van der Waals surface area contributed by atoms with Crippen molar-refractivity contribution in [3.05, 3.63) is 0 Å². The summed E-state index contributed by atoms with van der Waals surface area (Å²) in [6.45, 7) is 13.2. The molecule has 1 spiro atoms. The van der Waals surface area contributed by atoms with Gasteiger partial charge < -0.3 is 9.64 Å². The Balaban J connectivity index is 2.15. The number of hydrogen-bond acceptors (Lipinski definition) is 3. The number of ether oxygens (including phenoxy) is 1. The van der Waals surface area contributed by atoms with E-state index in [4.69, 9.17) is 4.74 Å². The average Bonchev–Trinajstić information content (AvgIpc) is 2.79. The normalized spacial score (nSPS) is 29.3. The molecule has 2 fully saturated rings. The lowest BCUT2D eigenvalue weighted by Gasteiger charge is -2.57. The summed E-state index contributed by atoms with van der Waals surface area (Å²) >= 11 is 0. The van der Waals surface area contributed by atoms with E-state index in [1.54, 1.807) is 4.90 Å². The number of hydrogen-bond donors (Lipinski definition) is 0. The van der Waals surface area contributed by atoms with Crippen LogP contribution in [-0.4, -0.2) is 52.1 Å². The summed E-state index contributed by atoms with van der Waals surface area (Å²) in [5, 5.41) is 0. The SMILES string of the molecule is CC(C)CN1C(=O)C2(CCCN2C(=O)OC(C)(C)C)C1C. The molecule has 0 saturated carbocycles. The summed E-state index contributed by atoms with van der Waals surface area (Å²) in [6, 6.07) is 0.0717. The molecule has 0 aromatic heterocycles. The lowest BCUT2D eigenvalue weighted by Crippen LogP contribution is -2.78. The van der Waals surface area contributed by atoms with Gasteiger partial charge in [0.25, 0.3) is 5.91 Å². The van der Waals surface area contributed by atoms with E-state index in [0.29, 0.717) is 12.5 Å². The Labute approximate surface area is 127 Å². The van der Waals surface area contributed by atoms with E-state index in [-0.39, 0.29) is 18.0 Å². The maximum Gasteiger partial charge on any atom is 0.411 e. The highest BCUT2D eigenvalue weighted by Crippen LogP contribution is 2.44. The molecule has 5 heteroatoms.